The van der Waals surface area contributed by atoms with Crippen molar-refractivity contribution in [1.82, 2.24) is 5.32 Å². The Labute approximate surface area is 113 Å². The number of nitrogens with one attached hydrogen (secondary N) is 2. The van der Waals surface area contributed by atoms with E-state index in [9.17, 15) is 9.59 Å². The van der Waals surface area contributed by atoms with Gasteiger partial charge in [-0.2, -0.15) is 0 Å². The standard InChI is InChI=1S/C14H20N2O3/c17-13(18)10-6-1-2-7-11-15-14(19)16-12-8-4-3-5-9-12/h3-5,8-9H,1-2,6-7,10-11H2,(H,17,18)(H2,15,16,19). The number of unbranched alkanes of at least 4 members (excludes halogenated alkanes) is 3. The first kappa shape index (κ1) is 15.0. The number of carbonyl (C=O) groups excluding carboxylic acids is 1. The number of hydrogen-bond acceptors (Lipinski definition) is 2. The molecule has 0 atom stereocenters. The quantitative estimate of drug-likeness (QED) is 0.632. The number of para-hydroxylation sites is 1. The molecule has 0 radical (unpaired) electrons. The molecule has 0 aliphatic rings. The number of carboxylic acid groups (broad SMARTS) is 1. The van der Waals surface area contributed by atoms with Gasteiger partial charge in [0.1, 0.15) is 0 Å². The van der Waals surface area contributed by atoms with E-state index in [1.165, 1.54) is 0 Å². The fourth-order valence-electron chi connectivity index (χ4n) is 1.65. The zero-order chi connectivity index (χ0) is 13.9. The fourth-order valence-corrected chi connectivity index (χ4v) is 1.65. The maximum absolute atomic E-state index is 11.5. The average molecular weight is 264 g/mol. The van der Waals surface area contributed by atoms with Crippen LogP contribution in [-0.2, 0) is 4.79 Å². The van der Waals surface area contributed by atoms with Crippen LogP contribution in [0.3, 0.4) is 0 Å². The van der Waals surface area contributed by atoms with Crippen molar-refractivity contribution in [1.29, 1.82) is 0 Å². The largest absolute Gasteiger partial charge is 0.481 e. The molecule has 0 saturated heterocycles. The highest BCUT2D eigenvalue weighted by Crippen LogP contribution is 2.05. The van der Waals surface area contributed by atoms with Crippen molar-refractivity contribution in [3.63, 3.8) is 0 Å². The van der Waals surface area contributed by atoms with Crippen molar-refractivity contribution in [2.75, 3.05) is 11.9 Å². The molecule has 1 aromatic rings. The lowest BCUT2D eigenvalue weighted by atomic mass is 10.1. The van der Waals surface area contributed by atoms with Crippen LogP contribution in [0.1, 0.15) is 32.1 Å². The predicted molar refractivity (Wildman–Crippen MR) is 74.2 cm³/mol. The molecule has 1 rings (SSSR count). The van der Waals surface area contributed by atoms with Gasteiger partial charge in [-0.1, -0.05) is 31.0 Å². The molecule has 0 bridgehead atoms. The molecule has 0 aliphatic carbocycles. The summed E-state index contributed by atoms with van der Waals surface area (Å²) in [6.07, 6.45) is 3.60. The number of urea groups is 1. The Morgan fingerprint density at radius 3 is 2.37 bits per heavy atom. The van der Waals surface area contributed by atoms with E-state index in [1.54, 1.807) is 0 Å². The van der Waals surface area contributed by atoms with Crippen molar-refractivity contribution in [3.05, 3.63) is 30.3 Å². The van der Waals surface area contributed by atoms with E-state index in [1.807, 2.05) is 30.3 Å². The first-order valence-corrected chi connectivity index (χ1v) is 6.50. The lowest BCUT2D eigenvalue weighted by Gasteiger charge is -2.07. The summed E-state index contributed by atoms with van der Waals surface area (Å²) in [6.45, 7) is 0.603. The number of benzene rings is 1. The van der Waals surface area contributed by atoms with Crippen LogP contribution in [0, 0.1) is 0 Å². The van der Waals surface area contributed by atoms with E-state index >= 15 is 0 Å². The molecule has 0 aromatic heterocycles. The summed E-state index contributed by atoms with van der Waals surface area (Å²) in [7, 11) is 0. The van der Waals surface area contributed by atoms with E-state index in [2.05, 4.69) is 10.6 Å². The van der Waals surface area contributed by atoms with Gasteiger partial charge in [0.2, 0.25) is 0 Å². The summed E-state index contributed by atoms with van der Waals surface area (Å²) in [4.78, 5) is 21.8. The minimum atomic E-state index is -0.750. The number of hydrogen-bond donors (Lipinski definition) is 3. The third-order valence-corrected chi connectivity index (χ3v) is 2.63. The number of carbonyl (C=O) groups is 2. The minimum Gasteiger partial charge on any atom is -0.481 e. The van der Waals surface area contributed by atoms with Crippen molar-refractivity contribution in [2.24, 2.45) is 0 Å². The Bertz CT molecular complexity index is 393. The summed E-state index contributed by atoms with van der Waals surface area (Å²) < 4.78 is 0. The van der Waals surface area contributed by atoms with Gasteiger partial charge in [-0.15, -0.1) is 0 Å². The van der Waals surface area contributed by atoms with Crippen LogP contribution in [0.4, 0.5) is 10.5 Å². The molecule has 19 heavy (non-hydrogen) atoms. The van der Waals surface area contributed by atoms with Crippen LogP contribution in [0.2, 0.25) is 0 Å². The molecular formula is C14H20N2O3. The predicted octanol–water partition coefficient (Wildman–Crippen LogP) is 2.84. The van der Waals surface area contributed by atoms with E-state index in [4.69, 9.17) is 5.11 Å². The maximum Gasteiger partial charge on any atom is 0.319 e. The highest BCUT2D eigenvalue weighted by Gasteiger charge is 2.00. The van der Waals surface area contributed by atoms with Gasteiger partial charge in [0, 0.05) is 18.7 Å². The van der Waals surface area contributed by atoms with Gasteiger partial charge in [-0.3, -0.25) is 4.79 Å². The second-order valence-corrected chi connectivity index (χ2v) is 4.30. The van der Waals surface area contributed by atoms with E-state index in [0.29, 0.717) is 13.0 Å². The average Bonchev–Trinajstić information content (AvgIpc) is 2.38. The van der Waals surface area contributed by atoms with Crippen LogP contribution in [0.15, 0.2) is 30.3 Å². The first-order chi connectivity index (χ1) is 9.18. The van der Waals surface area contributed by atoms with Gasteiger partial charge in [0.05, 0.1) is 0 Å². The lowest BCUT2D eigenvalue weighted by Crippen LogP contribution is -2.29. The Kier molecular flexibility index (Phi) is 7.09. The molecule has 0 saturated carbocycles. The summed E-state index contributed by atoms with van der Waals surface area (Å²) in [6, 6.07) is 9.05. The molecule has 5 heteroatoms. The van der Waals surface area contributed by atoms with Gasteiger partial charge in [-0.05, 0) is 25.0 Å². The van der Waals surface area contributed by atoms with Gasteiger partial charge in [0.25, 0.3) is 0 Å². The summed E-state index contributed by atoms with van der Waals surface area (Å²) in [5.74, 6) is -0.750. The van der Waals surface area contributed by atoms with E-state index in [-0.39, 0.29) is 12.5 Å². The third-order valence-electron chi connectivity index (χ3n) is 2.63. The molecule has 0 aliphatic heterocycles. The molecular weight excluding hydrogens is 244 g/mol. The fraction of sp³-hybridized carbons (Fsp3) is 0.429. The van der Waals surface area contributed by atoms with E-state index < -0.39 is 5.97 Å². The third kappa shape index (κ3) is 7.81. The van der Waals surface area contributed by atoms with Crippen molar-refractivity contribution in [2.45, 2.75) is 32.1 Å². The summed E-state index contributed by atoms with van der Waals surface area (Å²) >= 11 is 0. The second kappa shape index (κ2) is 8.97. The Balaban J connectivity index is 2.00. The number of rotatable bonds is 8. The smallest absolute Gasteiger partial charge is 0.319 e. The van der Waals surface area contributed by atoms with E-state index in [0.717, 1.165) is 24.9 Å². The van der Waals surface area contributed by atoms with Crippen LogP contribution in [-0.4, -0.2) is 23.7 Å². The topological polar surface area (TPSA) is 78.4 Å². The van der Waals surface area contributed by atoms with Crippen LogP contribution in [0.5, 0.6) is 0 Å². The van der Waals surface area contributed by atoms with Crippen LogP contribution >= 0.6 is 0 Å². The monoisotopic (exact) mass is 264 g/mol. The maximum atomic E-state index is 11.5. The number of aliphatic carboxylic acids is 1. The molecule has 1 aromatic carbocycles. The zero-order valence-electron chi connectivity index (χ0n) is 10.9. The molecule has 0 spiro atoms. The molecule has 0 unspecified atom stereocenters. The van der Waals surface area contributed by atoms with Crippen LogP contribution < -0.4 is 10.6 Å². The molecule has 2 amide bonds. The number of amides is 2. The second-order valence-electron chi connectivity index (χ2n) is 4.30. The molecule has 0 fully saturated rings. The van der Waals surface area contributed by atoms with Crippen molar-refractivity contribution < 1.29 is 14.7 Å². The summed E-state index contributed by atoms with van der Waals surface area (Å²) in [5, 5.41) is 14.0. The number of carboxylic acids is 1. The Morgan fingerprint density at radius 2 is 1.68 bits per heavy atom. The molecule has 5 nitrogen and oxygen atoms in total. The number of anilines is 1. The highest BCUT2D eigenvalue weighted by atomic mass is 16.4. The SMILES string of the molecule is O=C(O)CCCCCCNC(=O)Nc1ccccc1. The van der Waals surface area contributed by atoms with Gasteiger partial charge < -0.3 is 15.7 Å². The Hall–Kier alpha value is -2.04. The zero-order valence-corrected chi connectivity index (χ0v) is 10.9. The molecule has 104 valence electrons. The molecule has 0 heterocycles. The molecule has 3 N–H and O–H groups in total. The Morgan fingerprint density at radius 1 is 1.00 bits per heavy atom. The first-order valence-electron chi connectivity index (χ1n) is 6.50. The minimum absolute atomic E-state index is 0.211. The van der Waals surface area contributed by atoms with Gasteiger partial charge >= 0.3 is 12.0 Å². The van der Waals surface area contributed by atoms with Crippen LogP contribution in [0.25, 0.3) is 0 Å². The van der Waals surface area contributed by atoms with Crippen molar-refractivity contribution >= 4 is 17.7 Å². The van der Waals surface area contributed by atoms with Gasteiger partial charge in [-0.25, -0.2) is 4.79 Å². The normalized spacial score (nSPS) is 9.89. The lowest BCUT2D eigenvalue weighted by molar-refractivity contribution is -0.137. The van der Waals surface area contributed by atoms with Gasteiger partial charge in [0.15, 0.2) is 0 Å². The summed E-state index contributed by atoms with van der Waals surface area (Å²) in [5.41, 5.74) is 0.765. The highest BCUT2D eigenvalue weighted by molar-refractivity contribution is 5.89. The van der Waals surface area contributed by atoms with Crippen molar-refractivity contribution in [3.8, 4) is 0 Å².